The maximum atomic E-state index is 3.71. The van der Waals surface area contributed by atoms with E-state index in [4.69, 9.17) is 0 Å². The van der Waals surface area contributed by atoms with Gasteiger partial charge in [-0.15, -0.1) is 0 Å². The van der Waals surface area contributed by atoms with Gasteiger partial charge in [-0.25, -0.2) is 0 Å². The zero-order valence-electron chi connectivity index (χ0n) is 12.2. The molecule has 96 valence electrons. The highest BCUT2D eigenvalue weighted by Crippen LogP contribution is 2.49. The number of rotatable bonds is 6. The summed E-state index contributed by atoms with van der Waals surface area (Å²) < 4.78 is 0. The first-order chi connectivity index (χ1) is 7.27. The van der Waals surface area contributed by atoms with Gasteiger partial charge in [-0.2, -0.15) is 0 Å². The molecule has 0 aromatic heterocycles. The van der Waals surface area contributed by atoms with Crippen molar-refractivity contribution in [2.75, 3.05) is 6.54 Å². The molecule has 2 atom stereocenters. The Bertz CT molecular complexity index is 212. The molecule has 2 unspecified atom stereocenters. The zero-order chi connectivity index (χ0) is 12.4. The van der Waals surface area contributed by atoms with Crippen LogP contribution in [0.2, 0.25) is 0 Å². The van der Waals surface area contributed by atoms with Gasteiger partial charge >= 0.3 is 0 Å². The van der Waals surface area contributed by atoms with Crippen LogP contribution >= 0.6 is 0 Å². The summed E-state index contributed by atoms with van der Waals surface area (Å²) in [7, 11) is 0. The molecule has 0 amide bonds. The first-order valence-corrected chi connectivity index (χ1v) is 7.02. The third-order valence-corrected chi connectivity index (χ3v) is 4.10. The summed E-state index contributed by atoms with van der Waals surface area (Å²) in [6.45, 7) is 15.2. The number of hydrogen-bond donors (Lipinski definition) is 1. The van der Waals surface area contributed by atoms with Crippen LogP contribution in [0.1, 0.15) is 67.2 Å². The van der Waals surface area contributed by atoms with Gasteiger partial charge in [0.2, 0.25) is 0 Å². The smallest absolute Gasteiger partial charge is 0.00967 e. The maximum Gasteiger partial charge on any atom is 0.00967 e. The highest BCUT2D eigenvalue weighted by atomic mass is 15.0. The molecule has 0 heterocycles. The van der Waals surface area contributed by atoms with Crippen molar-refractivity contribution in [1.29, 1.82) is 0 Å². The normalized spacial score (nSPS) is 22.9. The average Bonchev–Trinajstić information content (AvgIpc) is 2.97. The monoisotopic (exact) mass is 225 g/mol. The van der Waals surface area contributed by atoms with Crippen molar-refractivity contribution in [3.63, 3.8) is 0 Å². The Morgan fingerprint density at radius 3 is 2.12 bits per heavy atom. The van der Waals surface area contributed by atoms with Gasteiger partial charge in [0.05, 0.1) is 0 Å². The van der Waals surface area contributed by atoms with E-state index in [1.807, 2.05) is 0 Å². The molecule has 0 aromatic rings. The second-order valence-electron chi connectivity index (χ2n) is 7.25. The van der Waals surface area contributed by atoms with Gasteiger partial charge in [-0.1, -0.05) is 27.2 Å². The van der Waals surface area contributed by atoms with Crippen molar-refractivity contribution < 1.29 is 0 Å². The summed E-state index contributed by atoms with van der Waals surface area (Å²) >= 11 is 0. The Labute approximate surface area is 102 Å². The van der Waals surface area contributed by atoms with Crippen LogP contribution in [0.15, 0.2) is 0 Å². The Hall–Kier alpha value is -0.0400. The lowest BCUT2D eigenvalue weighted by atomic mass is 9.76. The zero-order valence-corrected chi connectivity index (χ0v) is 12.2. The summed E-state index contributed by atoms with van der Waals surface area (Å²) in [5, 5.41) is 3.71. The predicted octanol–water partition coefficient (Wildman–Crippen LogP) is 4.23. The first kappa shape index (κ1) is 14.0. The van der Waals surface area contributed by atoms with Gasteiger partial charge in [-0.05, 0) is 57.3 Å². The molecule has 1 saturated carbocycles. The van der Waals surface area contributed by atoms with E-state index < -0.39 is 0 Å². The lowest BCUT2D eigenvalue weighted by Gasteiger charge is -2.36. The van der Waals surface area contributed by atoms with Crippen molar-refractivity contribution in [2.24, 2.45) is 17.3 Å². The fraction of sp³-hybridized carbons (Fsp3) is 1.00. The topological polar surface area (TPSA) is 12.0 Å². The van der Waals surface area contributed by atoms with Gasteiger partial charge in [-0.3, -0.25) is 0 Å². The van der Waals surface area contributed by atoms with Crippen LogP contribution in [-0.2, 0) is 0 Å². The van der Waals surface area contributed by atoms with E-state index >= 15 is 0 Å². The van der Waals surface area contributed by atoms with Crippen molar-refractivity contribution in [2.45, 2.75) is 72.8 Å². The van der Waals surface area contributed by atoms with E-state index in [0.29, 0.717) is 5.41 Å². The average molecular weight is 225 g/mol. The quantitative estimate of drug-likeness (QED) is 0.713. The molecule has 16 heavy (non-hydrogen) atoms. The Kier molecular flexibility index (Phi) is 4.45. The number of nitrogens with one attached hydrogen (secondary N) is 1. The molecular formula is C15H31N. The van der Waals surface area contributed by atoms with Crippen LogP contribution in [-0.4, -0.2) is 12.1 Å². The second-order valence-corrected chi connectivity index (χ2v) is 7.25. The van der Waals surface area contributed by atoms with E-state index in [1.165, 1.54) is 32.2 Å². The molecule has 0 saturated heterocycles. The number of hydrogen-bond acceptors (Lipinski definition) is 1. The van der Waals surface area contributed by atoms with Crippen LogP contribution in [0.3, 0.4) is 0 Å². The second kappa shape index (κ2) is 5.08. The molecule has 1 aliphatic carbocycles. The van der Waals surface area contributed by atoms with Crippen molar-refractivity contribution in [1.82, 2.24) is 5.32 Å². The molecule has 0 aliphatic heterocycles. The van der Waals surface area contributed by atoms with Crippen molar-refractivity contribution in [3.05, 3.63) is 0 Å². The summed E-state index contributed by atoms with van der Waals surface area (Å²) in [6, 6.07) is 0. The molecule has 0 radical (unpaired) electrons. The molecular weight excluding hydrogens is 194 g/mol. The van der Waals surface area contributed by atoms with Crippen molar-refractivity contribution >= 4 is 0 Å². The van der Waals surface area contributed by atoms with E-state index in [2.05, 4.69) is 46.9 Å². The predicted molar refractivity (Wildman–Crippen MR) is 72.7 cm³/mol. The fourth-order valence-corrected chi connectivity index (χ4v) is 2.57. The van der Waals surface area contributed by atoms with Gasteiger partial charge in [0, 0.05) is 12.1 Å². The van der Waals surface area contributed by atoms with Crippen LogP contribution in [0.4, 0.5) is 0 Å². The maximum absolute atomic E-state index is 3.71. The van der Waals surface area contributed by atoms with Gasteiger partial charge in [0.15, 0.2) is 0 Å². The Morgan fingerprint density at radius 1 is 1.19 bits per heavy atom. The standard InChI is InChI=1S/C15H31N/c1-7-12(2)10-15(6,13-8-9-13)11-16-14(3,4)5/h12-13,16H,7-11H2,1-6H3. The van der Waals surface area contributed by atoms with E-state index in [9.17, 15) is 0 Å². The minimum absolute atomic E-state index is 0.256. The van der Waals surface area contributed by atoms with Crippen LogP contribution in [0.5, 0.6) is 0 Å². The SMILES string of the molecule is CCC(C)CC(C)(CNC(C)(C)C)C1CC1. The third-order valence-electron chi connectivity index (χ3n) is 4.10. The molecule has 1 heteroatoms. The highest BCUT2D eigenvalue weighted by Gasteiger charge is 2.42. The van der Waals surface area contributed by atoms with Gasteiger partial charge in [0.1, 0.15) is 0 Å². The molecule has 1 N–H and O–H groups in total. The van der Waals surface area contributed by atoms with Gasteiger partial charge < -0.3 is 5.32 Å². The van der Waals surface area contributed by atoms with E-state index in [-0.39, 0.29) is 5.54 Å². The molecule has 1 fully saturated rings. The summed E-state index contributed by atoms with van der Waals surface area (Å²) in [6.07, 6.45) is 5.62. The van der Waals surface area contributed by atoms with Gasteiger partial charge in [0.25, 0.3) is 0 Å². The van der Waals surface area contributed by atoms with E-state index in [1.54, 1.807) is 0 Å². The van der Waals surface area contributed by atoms with Crippen molar-refractivity contribution in [3.8, 4) is 0 Å². The minimum Gasteiger partial charge on any atom is -0.312 e. The molecule has 0 bridgehead atoms. The van der Waals surface area contributed by atoms with Crippen LogP contribution in [0.25, 0.3) is 0 Å². The lowest BCUT2D eigenvalue weighted by molar-refractivity contribution is 0.180. The molecule has 1 aliphatic rings. The highest BCUT2D eigenvalue weighted by molar-refractivity contribution is 4.94. The van der Waals surface area contributed by atoms with E-state index in [0.717, 1.165) is 11.8 Å². The molecule has 1 nitrogen and oxygen atoms in total. The summed E-state index contributed by atoms with van der Waals surface area (Å²) in [4.78, 5) is 0. The lowest BCUT2D eigenvalue weighted by Crippen LogP contribution is -2.44. The fourth-order valence-electron chi connectivity index (χ4n) is 2.57. The molecule has 0 aromatic carbocycles. The summed E-state index contributed by atoms with van der Waals surface area (Å²) in [5.74, 6) is 1.85. The van der Waals surface area contributed by atoms with Crippen LogP contribution in [0, 0.1) is 17.3 Å². The molecule has 1 rings (SSSR count). The van der Waals surface area contributed by atoms with Crippen LogP contribution < -0.4 is 5.32 Å². The Balaban J connectivity index is 2.51. The first-order valence-electron chi connectivity index (χ1n) is 7.02. The Morgan fingerprint density at radius 2 is 1.75 bits per heavy atom. The minimum atomic E-state index is 0.256. The third kappa shape index (κ3) is 4.45. The largest absolute Gasteiger partial charge is 0.312 e. The molecule has 0 spiro atoms. The summed E-state index contributed by atoms with van der Waals surface area (Å²) in [5.41, 5.74) is 0.786.